The maximum atomic E-state index is 12.3. The summed E-state index contributed by atoms with van der Waals surface area (Å²) in [5.74, 6) is 0.403. The molecule has 2 heterocycles. The van der Waals surface area contributed by atoms with Crippen molar-refractivity contribution < 1.29 is 8.42 Å². The second-order valence-electron chi connectivity index (χ2n) is 4.58. The summed E-state index contributed by atoms with van der Waals surface area (Å²) in [6.07, 6.45) is 2.22. The molecule has 0 N–H and O–H groups in total. The second kappa shape index (κ2) is 4.55. The Hall–Kier alpha value is -0.650. The number of pyridine rings is 1. The predicted molar refractivity (Wildman–Crippen MR) is 66.4 cm³/mol. The van der Waals surface area contributed by atoms with Crippen LogP contribution >= 0.6 is 11.6 Å². The van der Waals surface area contributed by atoms with Gasteiger partial charge in [0.05, 0.1) is 0 Å². The van der Waals surface area contributed by atoms with Crippen LogP contribution in [0.3, 0.4) is 0 Å². The average molecular weight is 275 g/mol. The molecule has 4 nitrogen and oxygen atoms in total. The van der Waals surface area contributed by atoms with Gasteiger partial charge in [-0.2, -0.15) is 4.31 Å². The summed E-state index contributed by atoms with van der Waals surface area (Å²) in [6, 6.07) is 3.05. The lowest BCUT2D eigenvalue weighted by atomic mass is 10.1. The zero-order chi connectivity index (χ0) is 12.6. The molecule has 94 valence electrons. The van der Waals surface area contributed by atoms with Gasteiger partial charge in [0.1, 0.15) is 10.0 Å². The zero-order valence-electron chi connectivity index (χ0n) is 9.80. The van der Waals surface area contributed by atoms with Crippen LogP contribution in [0.25, 0.3) is 0 Å². The van der Waals surface area contributed by atoms with Crippen molar-refractivity contribution in [2.75, 3.05) is 6.54 Å². The number of halogens is 1. The summed E-state index contributed by atoms with van der Waals surface area (Å²) in [4.78, 5) is 4.03. The number of sulfonamides is 1. The highest BCUT2D eigenvalue weighted by atomic mass is 35.5. The van der Waals surface area contributed by atoms with E-state index in [2.05, 4.69) is 11.9 Å². The van der Waals surface area contributed by atoms with Gasteiger partial charge in [0.25, 0.3) is 0 Å². The zero-order valence-corrected chi connectivity index (χ0v) is 11.4. The van der Waals surface area contributed by atoms with E-state index in [9.17, 15) is 8.42 Å². The molecule has 0 spiro atoms. The van der Waals surface area contributed by atoms with Crippen LogP contribution in [0.5, 0.6) is 0 Å². The van der Waals surface area contributed by atoms with Gasteiger partial charge in [-0.05, 0) is 31.4 Å². The largest absolute Gasteiger partial charge is 0.244 e. The Morgan fingerprint density at radius 1 is 1.41 bits per heavy atom. The summed E-state index contributed by atoms with van der Waals surface area (Å²) in [5.41, 5.74) is 0. The highest BCUT2D eigenvalue weighted by molar-refractivity contribution is 7.89. The van der Waals surface area contributed by atoms with E-state index < -0.39 is 10.0 Å². The van der Waals surface area contributed by atoms with Gasteiger partial charge in [-0.15, -0.1) is 0 Å². The van der Waals surface area contributed by atoms with E-state index in [1.807, 2.05) is 6.92 Å². The van der Waals surface area contributed by atoms with Gasteiger partial charge in [-0.1, -0.05) is 18.5 Å². The van der Waals surface area contributed by atoms with Gasteiger partial charge < -0.3 is 0 Å². The van der Waals surface area contributed by atoms with Crippen LogP contribution < -0.4 is 0 Å². The van der Waals surface area contributed by atoms with Crippen LogP contribution in [0.2, 0.25) is 5.15 Å². The Balaban J connectivity index is 2.33. The molecule has 1 aromatic heterocycles. The lowest BCUT2D eigenvalue weighted by molar-refractivity contribution is 0.405. The fourth-order valence-electron chi connectivity index (χ4n) is 2.25. The number of hydrogen-bond acceptors (Lipinski definition) is 3. The Morgan fingerprint density at radius 3 is 2.59 bits per heavy atom. The monoisotopic (exact) mass is 274 g/mol. The average Bonchev–Trinajstić information content (AvgIpc) is 2.59. The van der Waals surface area contributed by atoms with Crippen LogP contribution in [0.1, 0.15) is 20.3 Å². The van der Waals surface area contributed by atoms with Gasteiger partial charge in [-0.3, -0.25) is 0 Å². The smallest absolute Gasteiger partial charge is 0.243 e. The first kappa shape index (κ1) is 12.8. The molecule has 1 aliphatic rings. The van der Waals surface area contributed by atoms with E-state index in [-0.39, 0.29) is 10.9 Å². The molecule has 17 heavy (non-hydrogen) atoms. The fourth-order valence-corrected chi connectivity index (χ4v) is 4.07. The number of nitrogens with zero attached hydrogens (tertiary/aromatic N) is 2. The van der Waals surface area contributed by atoms with Crippen molar-refractivity contribution in [1.29, 1.82) is 0 Å². The van der Waals surface area contributed by atoms with Gasteiger partial charge in [-0.25, -0.2) is 13.4 Å². The number of rotatable bonds is 2. The molecule has 2 rings (SSSR count). The van der Waals surface area contributed by atoms with Crippen molar-refractivity contribution in [3.05, 3.63) is 23.5 Å². The summed E-state index contributed by atoms with van der Waals surface area (Å²) in [7, 11) is -3.43. The molecule has 6 heteroatoms. The minimum atomic E-state index is -3.43. The van der Waals surface area contributed by atoms with Crippen molar-refractivity contribution in [2.24, 2.45) is 5.92 Å². The highest BCUT2D eigenvalue weighted by Crippen LogP contribution is 2.28. The van der Waals surface area contributed by atoms with Crippen LogP contribution in [0.15, 0.2) is 23.2 Å². The van der Waals surface area contributed by atoms with Crippen LogP contribution in [-0.4, -0.2) is 30.3 Å². The topological polar surface area (TPSA) is 50.3 Å². The Morgan fingerprint density at radius 2 is 2.12 bits per heavy atom. The summed E-state index contributed by atoms with van der Waals surface area (Å²) in [6.45, 7) is 4.57. The first-order chi connectivity index (χ1) is 7.91. The molecule has 0 radical (unpaired) electrons. The fraction of sp³-hybridized carbons (Fsp3) is 0.545. The van der Waals surface area contributed by atoms with Gasteiger partial charge in [0.15, 0.2) is 0 Å². The first-order valence-electron chi connectivity index (χ1n) is 5.54. The summed E-state index contributed by atoms with van der Waals surface area (Å²) >= 11 is 5.65. The van der Waals surface area contributed by atoms with Gasteiger partial charge >= 0.3 is 0 Å². The molecule has 0 saturated carbocycles. The first-order valence-corrected chi connectivity index (χ1v) is 7.36. The molecule has 0 aliphatic carbocycles. The summed E-state index contributed by atoms with van der Waals surface area (Å²) in [5, 5.41) is 0.298. The van der Waals surface area contributed by atoms with E-state index in [0.717, 1.165) is 6.42 Å². The molecule has 1 saturated heterocycles. The molecule has 2 atom stereocenters. The molecule has 2 unspecified atom stereocenters. The molecule has 0 bridgehead atoms. The third-order valence-electron chi connectivity index (χ3n) is 3.03. The van der Waals surface area contributed by atoms with Crippen molar-refractivity contribution in [1.82, 2.24) is 9.29 Å². The normalized spacial score (nSPS) is 26.3. The van der Waals surface area contributed by atoms with E-state index >= 15 is 0 Å². The van der Waals surface area contributed by atoms with Crippen molar-refractivity contribution in [3.63, 3.8) is 0 Å². The molecule has 1 aromatic rings. The molecular formula is C11H15ClN2O2S. The third kappa shape index (κ3) is 2.46. The SMILES string of the molecule is CC1CC(C)N(S(=O)(=O)c2ccc(Cl)nc2)C1. The molecule has 0 amide bonds. The lowest BCUT2D eigenvalue weighted by Gasteiger charge is -2.20. The minimum absolute atomic E-state index is 0.0469. The van der Waals surface area contributed by atoms with E-state index in [4.69, 9.17) is 11.6 Å². The quantitative estimate of drug-likeness (QED) is 0.777. The van der Waals surface area contributed by atoms with Crippen LogP contribution in [0.4, 0.5) is 0 Å². The summed E-state index contributed by atoms with van der Waals surface area (Å²) < 4.78 is 26.2. The molecule has 0 aromatic carbocycles. The third-order valence-corrected chi connectivity index (χ3v) is 5.22. The highest BCUT2D eigenvalue weighted by Gasteiger charge is 2.36. The van der Waals surface area contributed by atoms with Gasteiger partial charge in [0.2, 0.25) is 10.0 Å². The van der Waals surface area contributed by atoms with Gasteiger partial charge in [0, 0.05) is 18.8 Å². The van der Waals surface area contributed by atoms with Crippen molar-refractivity contribution >= 4 is 21.6 Å². The Kier molecular flexibility index (Phi) is 3.43. The minimum Gasteiger partial charge on any atom is -0.243 e. The maximum absolute atomic E-state index is 12.3. The second-order valence-corrected chi connectivity index (χ2v) is 6.86. The predicted octanol–water partition coefficient (Wildman–Crippen LogP) is 2.15. The van der Waals surface area contributed by atoms with E-state index in [1.165, 1.54) is 18.3 Å². The molecular weight excluding hydrogens is 260 g/mol. The number of hydrogen-bond donors (Lipinski definition) is 0. The Bertz CT molecular complexity index is 501. The molecule has 1 aliphatic heterocycles. The van der Waals surface area contributed by atoms with Crippen LogP contribution in [0, 0.1) is 5.92 Å². The van der Waals surface area contributed by atoms with Crippen molar-refractivity contribution in [3.8, 4) is 0 Å². The van der Waals surface area contributed by atoms with E-state index in [0.29, 0.717) is 17.6 Å². The lowest BCUT2D eigenvalue weighted by Crippen LogP contribution is -2.34. The van der Waals surface area contributed by atoms with Crippen LogP contribution in [-0.2, 0) is 10.0 Å². The maximum Gasteiger partial charge on any atom is 0.244 e. The molecule has 1 fully saturated rings. The van der Waals surface area contributed by atoms with E-state index in [1.54, 1.807) is 4.31 Å². The number of aromatic nitrogens is 1. The Labute approximate surface area is 107 Å². The van der Waals surface area contributed by atoms with Crippen molar-refractivity contribution in [2.45, 2.75) is 31.2 Å². The standard InChI is InChI=1S/C11H15ClN2O2S/c1-8-5-9(2)14(7-8)17(15,16)10-3-4-11(12)13-6-10/h3-4,6,8-9H,5,7H2,1-2H3.